The van der Waals surface area contributed by atoms with Crippen LogP contribution in [0.4, 0.5) is 5.69 Å². The molecular weight excluding hydrogens is 545 g/mol. The summed E-state index contributed by atoms with van der Waals surface area (Å²) in [5.74, 6) is -0.895. The molecule has 0 radical (unpaired) electrons. The van der Waals surface area contributed by atoms with Crippen molar-refractivity contribution in [1.29, 1.82) is 0 Å². The molecule has 0 saturated heterocycles. The van der Waals surface area contributed by atoms with E-state index in [0.29, 0.717) is 21.3 Å². The summed E-state index contributed by atoms with van der Waals surface area (Å²) >= 11 is 12.1. The minimum absolute atomic E-state index is 0.0109. The van der Waals surface area contributed by atoms with E-state index in [0.717, 1.165) is 9.87 Å². The summed E-state index contributed by atoms with van der Waals surface area (Å²) in [6.07, 6.45) is 0. The number of hydrogen-bond donors (Lipinski definition) is 1. The quantitative estimate of drug-likeness (QED) is 0.348. The standard InChI is InChI=1S/C28H31Cl2N3O4S/c1-19(2)31-28(35)21(4)32(17-22-8-6-9-24(30)16-22)27(34)18-33(25-10-5-7-20(3)15-25)38(36,37)26-13-11-23(29)12-14-26/h5-16,19,21H,17-18H2,1-4H3,(H,31,35). The second-order valence-corrected chi connectivity index (χ2v) is 12.0. The van der Waals surface area contributed by atoms with Crippen molar-refractivity contribution in [1.82, 2.24) is 10.2 Å². The third-order valence-corrected chi connectivity index (χ3v) is 8.09. The normalized spacial score (nSPS) is 12.2. The fraction of sp³-hybridized carbons (Fsp3) is 0.286. The number of benzene rings is 3. The smallest absolute Gasteiger partial charge is 0.264 e. The van der Waals surface area contributed by atoms with Crippen molar-refractivity contribution < 1.29 is 18.0 Å². The van der Waals surface area contributed by atoms with Crippen LogP contribution in [0.5, 0.6) is 0 Å². The lowest BCUT2D eigenvalue weighted by Crippen LogP contribution is -2.52. The number of carbonyl (C=O) groups excluding carboxylic acids is 2. The summed E-state index contributed by atoms with van der Waals surface area (Å²) in [5, 5.41) is 3.70. The van der Waals surface area contributed by atoms with Gasteiger partial charge in [-0.1, -0.05) is 47.5 Å². The maximum atomic E-state index is 13.9. The van der Waals surface area contributed by atoms with Gasteiger partial charge in [-0.2, -0.15) is 0 Å². The van der Waals surface area contributed by atoms with E-state index in [1.807, 2.05) is 26.8 Å². The number of anilines is 1. The number of amides is 2. The Labute approximate surface area is 234 Å². The summed E-state index contributed by atoms with van der Waals surface area (Å²) < 4.78 is 28.6. The first kappa shape index (κ1) is 29.5. The van der Waals surface area contributed by atoms with Crippen LogP contribution in [-0.2, 0) is 26.2 Å². The third-order valence-electron chi connectivity index (χ3n) is 5.81. The molecule has 3 rings (SSSR count). The van der Waals surface area contributed by atoms with Gasteiger partial charge in [-0.05, 0) is 87.4 Å². The monoisotopic (exact) mass is 575 g/mol. The highest BCUT2D eigenvalue weighted by Gasteiger charge is 2.32. The molecule has 0 fully saturated rings. The summed E-state index contributed by atoms with van der Waals surface area (Å²) in [5.41, 5.74) is 1.86. The van der Waals surface area contributed by atoms with Crippen LogP contribution in [0.15, 0.2) is 77.7 Å². The Hall–Kier alpha value is -3.07. The lowest BCUT2D eigenvalue weighted by atomic mass is 10.1. The van der Waals surface area contributed by atoms with Gasteiger partial charge in [0.2, 0.25) is 11.8 Å². The number of carbonyl (C=O) groups is 2. The highest BCUT2D eigenvalue weighted by Crippen LogP contribution is 2.26. The van der Waals surface area contributed by atoms with Crippen LogP contribution < -0.4 is 9.62 Å². The first-order chi connectivity index (χ1) is 17.9. The number of nitrogens with zero attached hydrogens (tertiary/aromatic N) is 2. The molecule has 0 aliphatic rings. The first-order valence-electron chi connectivity index (χ1n) is 12.1. The van der Waals surface area contributed by atoms with Crippen LogP contribution in [0.25, 0.3) is 0 Å². The molecule has 3 aromatic carbocycles. The summed E-state index contributed by atoms with van der Waals surface area (Å²) in [7, 11) is -4.16. The molecule has 202 valence electrons. The molecule has 0 saturated carbocycles. The highest BCUT2D eigenvalue weighted by molar-refractivity contribution is 7.92. The van der Waals surface area contributed by atoms with Crippen molar-refractivity contribution in [3.63, 3.8) is 0 Å². The average molecular weight is 577 g/mol. The highest BCUT2D eigenvalue weighted by atomic mass is 35.5. The molecule has 0 spiro atoms. The SMILES string of the molecule is Cc1cccc(N(CC(=O)N(Cc2cccc(Cl)c2)C(C)C(=O)NC(C)C)S(=O)(=O)c2ccc(Cl)cc2)c1. The van der Waals surface area contributed by atoms with Crippen LogP contribution in [0.1, 0.15) is 31.9 Å². The molecule has 7 nitrogen and oxygen atoms in total. The Bertz CT molecular complexity index is 1400. The topological polar surface area (TPSA) is 86.8 Å². The summed E-state index contributed by atoms with van der Waals surface area (Å²) in [4.78, 5) is 28.1. The van der Waals surface area contributed by atoms with Gasteiger partial charge < -0.3 is 10.2 Å². The molecule has 0 aliphatic heterocycles. The molecule has 3 aromatic rings. The van der Waals surface area contributed by atoms with Crippen LogP contribution in [0.2, 0.25) is 10.0 Å². The molecule has 0 aliphatic carbocycles. The Kier molecular flexibility index (Phi) is 9.82. The van der Waals surface area contributed by atoms with Crippen LogP contribution in [0.3, 0.4) is 0 Å². The van der Waals surface area contributed by atoms with Crippen LogP contribution in [-0.4, -0.2) is 43.8 Å². The fourth-order valence-corrected chi connectivity index (χ4v) is 5.61. The van der Waals surface area contributed by atoms with E-state index in [9.17, 15) is 18.0 Å². The molecule has 1 N–H and O–H groups in total. The minimum Gasteiger partial charge on any atom is -0.352 e. The van der Waals surface area contributed by atoms with Crippen LogP contribution in [0, 0.1) is 6.92 Å². The zero-order chi connectivity index (χ0) is 28.0. The maximum absolute atomic E-state index is 13.9. The molecule has 1 atom stereocenters. The van der Waals surface area contributed by atoms with E-state index in [1.54, 1.807) is 49.4 Å². The maximum Gasteiger partial charge on any atom is 0.264 e. The zero-order valence-electron chi connectivity index (χ0n) is 21.7. The molecule has 10 heteroatoms. The Morgan fingerprint density at radius 3 is 2.16 bits per heavy atom. The molecule has 0 aromatic heterocycles. The van der Waals surface area contributed by atoms with E-state index in [1.165, 1.54) is 29.2 Å². The number of hydrogen-bond acceptors (Lipinski definition) is 4. The van der Waals surface area contributed by atoms with Gasteiger partial charge in [0.05, 0.1) is 10.6 Å². The van der Waals surface area contributed by atoms with Gasteiger partial charge in [0.1, 0.15) is 12.6 Å². The van der Waals surface area contributed by atoms with Gasteiger partial charge in [0.25, 0.3) is 10.0 Å². The van der Waals surface area contributed by atoms with Crippen molar-refractivity contribution >= 4 is 50.7 Å². The molecule has 0 heterocycles. The van der Waals surface area contributed by atoms with Gasteiger partial charge in [-0.15, -0.1) is 0 Å². The third kappa shape index (κ3) is 7.49. The number of aryl methyl sites for hydroxylation is 1. The largest absolute Gasteiger partial charge is 0.352 e. The van der Waals surface area contributed by atoms with Crippen molar-refractivity contribution in [2.24, 2.45) is 0 Å². The lowest BCUT2D eigenvalue weighted by molar-refractivity contribution is -0.139. The Balaban J connectivity index is 2.03. The van der Waals surface area contributed by atoms with Gasteiger partial charge in [0, 0.05) is 22.6 Å². The van der Waals surface area contributed by atoms with E-state index < -0.39 is 28.5 Å². The average Bonchev–Trinajstić information content (AvgIpc) is 2.85. The second kappa shape index (κ2) is 12.7. The van der Waals surface area contributed by atoms with E-state index in [4.69, 9.17) is 23.2 Å². The van der Waals surface area contributed by atoms with Crippen LogP contribution >= 0.6 is 23.2 Å². The van der Waals surface area contributed by atoms with Gasteiger partial charge in [-0.3, -0.25) is 13.9 Å². The Morgan fingerprint density at radius 1 is 0.895 bits per heavy atom. The number of halogens is 2. The molecular formula is C28H31Cl2N3O4S. The molecule has 1 unspecified atom stereocenters. The van der Waals surface area contributed by atoms with E-state index in [2.05, 4.69) is 5.32 Å². The summed E-state index contributed by atoms with van der Waals surface area (Å²) in [6.45, 7) is 6.65. The first-order valence-corrected chi connectivity index (χ1v) is 14.3. The van der Waals surface area contributed by atoms with Gasteiger partial charge in [-0.25, -0.2) is 8.42 Å². The van der Waals surface area contributed by atoms with Crippen molar-refractivity contribution in [2.45, 2.75) is 51.2 Å². The van der Waals surface area contributed by atoms with Crippen molar-refractivity contribution in [3.05, 3.63) is 94.0 Å². The predicted octanol–water partition coefficient (Wildman–Crippen LogP) is 5.44. The van der Waals surface area contributed by atoms with E-state index >= 15 is 0 Å². The number of rotatable bonds is 10. The minimum atomic E-state index is -4.16. The number of sulfonamides is 1. The predicted molar refractivity (Wildman–Crippen MR) is 152 cm³/mol. The van der Waals surface area contributed by atoms with Gasteiger partial charge >= 0.3 is 0 Å². The zero-order valence-corrected chi connectivity index (χ0v) is 24.0. The molecule has 38 heavy (non-hydrogen) atoms. The lowest BCUT2D eigenvalue weighted by Gasteiger charge is -2.32. The summed E-state index contributed by atoms with van der Waals surface area (Å²) in [6, 6.07) is 18.6. The Morgan fingerprint density at radius 2 is 1.55 bits per heavy atom. The van der Waals surface area contributed by atoms with Gasteiger partial charge in [0.15, 0.2) is 0 Å². The number of nitrogens with one attached hydrogen (secondary N) is 1. The van der Waals surface area contributed by atoms with Crippen molar-refractivity contribution in [2.75, 3.05) is 10.8 Å². The van der Waals surface area contributed by atoms with E-state index in [-0.39, 0.29) is 23.4 Å². The molecule has 2 amide bonds. The van der Waals surface area contributed by atoms with Crippen molar-refractivity contribution in [3.8, 4) is 0 Å². The molecule has 0 bridgehead atoms. The second-order valence-electron chi connectivity index (χ2n) is 9.30. The fourth-order valence-electron chi connectivity index (χ4n) is 3.87.